The number of H-pyrrole nitrogens is 1. The quantitative estimate of drug-likeness (QED) is 0.489. The molecular formula is C21H18ClN3O2S. The molecule has 0 saturated carbocycles. The molecule has 0 spiro atoms. The van der Waals surface area contributed by atoms with Gasteiger partial charge in [-0.15, -0.1) is 0 Å². The van der Waals surface area contributed by atoms with Crippen molar-refractivity contribution < 1.29 is 4.79 Å². The Morgan fingerprint density at radius 2 is 1.89 bits per heavy atom. The summed E-state index contributed by atoms with van der Waals surface area (Å²) in [6, 6.07) is 15.3. The summed E-state index contributed by atoms with van der Waals surface area (Å²) in [5.74, 6) is 0.531. The zero-order valence-corrected chi connectivity index (χ0v) is 16.7. The third-order valence-corrected chi connectivity index (χ3v) is 6.00. The summed E-state index contributed by atoms with van der Waals surface area (Å²) in [6.45, 7) is 2.05. The molecule has 2 aromatic carbocycles. The molecular weight excluding hydrogens is 394 g/mol. The Morgan fingerprint density at radius 3 is 2.64 bits per heavy atom. The van der Waals surface area contributed by atoms with Crippen LogP contribution in [0.25, 0.3) is 0 Å². The molecule has 0 radical (unpaired) electrons. The van der Waals surface area contributed by atoms with E-state index in [4.69, 9.17) is 11.6 Å². The molecule has 7 heteroatoms. The predicted octanol–water partition coefficient (Wildman–Crippen LogP) is 4.50. The molecule has 1 aromatic heterocycles. The molecule has 3 aromatic rings. The number of aryl methyl sites for hydroxylation is 1. The Hall–Kier alpha value is -2.57. The van der Waals surface area contributed by atoms with Crippen molar-refractivity contribution in [2.24, 2.45) is 0 Å². The van der Waals surface area contributed by atoms with Crippen molar-refractivity contribution in [1.29, 1.82) is 0 Å². The molecule has 1 aliphatic rings. The van der Waals surface area contributed by atoms with Gasteiger partial charge in [0.25, 0.3) is 5.56 Å². The number of carbonyl (C=O) groups excluding carboxylic acids is 1. The first kappa shape index (κ1) is 18.8. The Labute approximate surface area is 171 Å². The average molecular weight is 412 g/mol. The number of aromatic nitrogens is 2. The fourth-order valence-corrected chi connectivity index (χ4v) is 4.38. The van der Waals surface area contributed by atoms with Crippen molar-refractivity contribution in [3.63, 3.8) is 0 Å². The van der Waals surface area contributed by atoms with E-state index in [2.05, 4.69) is 34.3 Å². The van der Waals surface area contributed by atoms with Gasteiger partial charge in [-0.2, -0.15) is 0 Å². The Bertz CT molecular complexity index is 1100. The molecule has 4 rings (SSSR count). The lowest BCUT2D eigenvalue weighted by molar-refractivity contribution is -0.116. The number of anilines is 1. The van der Waals surface area contributed by atoms with Crippen LogP contribution in [0.2, 0.25) is 5.02 Å². The van der Waals surface area contributed by atoms with Crippen LogP contribution in [0, 0.1) is 6.92 Å². The van der Waals surface area contributed by atoms with Crippen LogP contribution in [0.5, 0.6) is 0 Å². The van der Waals surface area contributed by atoms with Crippen molar-refractivity contribution in [3.8, 4) is 0 Å². The SMILES string of the molecule is Cc1ccccc1CSc1nc2c(c(=O)[nH]1)C(c1ccc(Cl)cc1)CC(=O)N2. The molecule has 1 unspecified atom stereocenters. The third kappa shape index (κ3) is 3.84. The average Bonchev–Trinajstić information content (AvgIpc) is 2.67. The zero-order chi connectivity index (χ0) is 19.7. The standard InChI is InChI=1S/C21H18ClN3O2S/c1-12-4-2-3-5-14(12)11-28-21-24-19-18(20(27)25-21)16(10-17(26)23-19)13-6-8-15(22)9-7-13/h2-9,16H,10-11H2,1H3,(H2,23,24,25,26,27). The number of rotatable bonds is 4. The fourth-order valence-electron chi connectivity index (χ4n) is 3.32. The largest absolute Gasteiger partial charge is 0.310 e. The molecule has 2 N–H and O–H groups in total. The molecule has 1 atom stereocenters. The minimum atomic E-state index is -0.340. The van der Waals surface area contributed by atoms with Crippen molar-refractivity contribution >= 4 is 35.1 Å². The van der Waals surface area contributed by atoms with Crippen LogP contribution in [-0.4, -0.2) is 15.9 Å². The van der Waals surface area contributed by atoms with Crippen molar-refractivity contribution in [2.45, 2.75) is 30.2 Å². The van der Waals surface area contributed by atoms with Gasteiger partial charge in [0.15, 0.2) is 5.16 Å². The number of aromatic amines is 1. The maximum atomic E-state index is 12.8. The molecule has 0 bridgehead atoms. The minimum Gasteiger partial charge on any atom is -0.310 e. The smallest absolute Gasteiger partial charge is 0.257 e. The number of nitrogens with zero attached hydrogens (tertiary/aromatic N) is 1. The summed E-state index contributed by atoms with van der Waals surface area (Å²) in [4.78, 5) is 32.4. The molecule has 0 aliphatic carbocycles. The van der Waals surface area contributed by atoms with E-state index in [1.54, 1.807) is 12.1 Å². The second-order valence-electron chi connectivity index (χ2n) is 6.70. The molecule has 5 nitrogen and oxygen atoms in total. The minimum absolute atomic E-state index is 0.152. The van der Waals surface area contributed by atoms with E-state index in [9.17, 15) is 9.59 Å². The van der Waals surface area contributed by atoms with E-state index in [0.29, 0.717) is 27.3 Å². The number of hydrogen-bond acceptors (Lipinski definition) is 4. The van der Waals surface area contributed by atoms with E-state index < -0.39 is 0 Å². The Balaban J connectivity index is 1.66. The van der Waals surface area contributed by atoms with Crippen molar-refractivity contribution in [1.82, 2.24) is 9.97 Å². The highest BCUT2D eigenvalue weighted by Crippen LogP contribution is 2.35. The number of nitrogens with one attached hydrogen (secondary N) is 2. The summed E-state index contributed by atoms with van der Waals surface area (Å²) in [5.41, 5.74) is 3.50. The normalized spacial score (nSPS) is 15.8. The second kappa shape index (κ2) is 7.81. The first-order chi connectivity index (χ1) is 13.5. The Kier molecular flexibility index (Phi) is 5.24. The summed E-state index contributed by atoms with van der Waals surface area (Å²) < 4.78 is 0. The van der Waals surface area contributed by atoms with Crippen LogP contribution in [0.1, 0.15) is 34.6 Å². The van der Waals surface area contributed by atoms with E-state index in [-0.39, 0.29) is 23.8 Å². The van der Waals surface area contributed by atoms with Crippen LogP contribution in [0.15, 0.2) is 58.5 Å². The molecule has 142 valence electrons. The summed E-state index contributed by atoms with van der Waals surface area (Å²) in [5, 5.41) is 3.85. The second-order valence-corrected chi connectivity index (χ2v) is 8.11. The van der Waals surface area contributed by atoms with Gasteiger partial charge < -0.3 is 10.3 Å². The fraction of sp³-hybridized carbons (Fsp3) is 0.190. The van der Waals surface area contributed by atoms with E-state index in [0.717, 1.165) is 5.56 Å². The number of thioether (sulfide) groups is 1. The predicted molar refractivity (Wildman–Crippen MR) is 112 cm³/mol. The third-order valence-electron chi connectivity index (χ3n) is 4.83. The van der Waals surface area contributed by atoms with Crippen LogP contribution < -0.4 is 10.9 Å². The summed E-state index contributed by atoms with van der Waals surface area (Å²) in [7, 11) is 0. The number of amides is 1. The molecule has 1 amide bonds. The topological polar surface area (TPSA) is 74.8 Å². The first-order valence-electron chi connectivity index (χ1n) is 8.88. The maximum absolute atomic E-state index is 12.8. The van der Waals surface area contributed by atoms with Crippen molar-refractivity contribution in [2.75, 3.05) is 5.32 Å². The number of fused-ring (bicyclic) bond motifs is 1. The number of halogens is 1. The van der Waals surface area contributed by atoms with Gasteiger partial charge in [-0.3, -0.25) is 9.59 Å². The summed E-state index contributed by atoms with van der Waals surface area (Å²) in [6.07, 6.45) is 0.203. The van der Waals surface area contributed by atoms with Crippen LogP contribution in [-0.2, 0) is 10.5 Å². The van der Waals surface area contributed by atoms with Gasteiger partial charge in [-0.25, -0.2) is 4.98 Å². The molecule has 0 saturated heterocycles. The Morgan fingerprint density at radius 1 is 1.14 bits per heavy atom. The zero-order valence-electron chi connectivity index (χ0n) is 15.2. The van der Waals surface area contributed by atoms with Crippen LogP contribution in [0.4, 0.5) is 5.82 Å². The monoisotopic (exact) mass is 411 g/mol. The van der Waals surface area contributed by atoms with Gasteiger partial charge >= 0.3 is 0 Å². The van der Waals surface area contributed by atoms with E-state index >= 15 is 0 Å². The molecule has 28 heavy (non-hydrogen) atoms. The highest BCUT2D eigenvalue weighted by atomic mass is 35.5. The number of carbonyl (C=O) groups is 1. The lowest BCUT2D eigenvalue weighted by Crippen LogP contribution is -2.31. The number of hydrogen-bond donors (Lipinski definition) is 2. The lowest BCUT2D eigenvalue weighted by Gasteiger charge is -2.24. The van der Waals surface area contributed by atoms with Gasteiger partial charge in [0.05, 0.1) is 5.56 Å². The van der Waals surface area contributed by atoms with Gasteiger partial charge in [0, 0.05) is 23.1 Å². The summed E-state index contributed by atoms with van der Waals surface area (Å²) >= 11 is 7.41. The highest BCUT2D eigenvalue weighted by molar-refractivity contribution is 7.98. The van der Waals surface area contributed by atoms with Crippen LogP contribution >= 0.6 is 23.4 Å². The van der Waals surface area contributed by atoms with Gasteiger partial charge in [-0.1, -0.05) is 59.8 Å². The van der Waals surface area contributed by atoms with Gasteiger partial charge in [-0.05, 0) is 35.7 Å². The van der Waals surface area contributed by atoms with Crippen LogP contribution in [0.3, 0.4) is 0 Å². The molecule has 0 fully saturated rings. The highest BCUT2D eigenvalue weighted by Gasteiger charge is 2.30. The van der Waals surface area contributed by atoms with Crippen molar-refractivity contribution in [3.05, 3.63) is 86.2 Å². The first-order valence-corrected chi connectivity index (χ1v) is 10.2. The lowest BCUT2D eigenvalue weighted by atomic mass is 9.87. The maximum Gasteiger partial charge on any atom is 0.257 e. The van der Waals surface area contributed by atoms with Gasteiger partial charge in [0.2, 0.25) is 5.91 Å². The number of benzene rings is 2. The molecule has 1 aliphatic heterocycles. The molecule has 2 heterocycles. The van der Waals surface area contributed by atoms with Gasteiger partial charge in [0.1, 0.15) is 5.82 Å². The van der Waals surface area contributed by atoms with E-state index in [1.165, 1.54) is 22.9 Å². The van der Waals surface area contributed by atoms with E-state index in [1.807, 2.05) is 24.3 Å².